The molecule has 1 aromatic carbocycles. The summed E-state index contributed by atoms with van der Waals surface area (Å²) in [7, 11) is 0. The van der Waals surface area contributed by atoms with Crippen LogP contribution in [0, 0.1) is 17.8 Å². The Balaban J connectivity index is 1.42. The van der Waals surface area contributed by atoms with Crippen LogP contribution in [-0.2, 0) is 9.59 Å². The van der Waals surface area contributed by atoms with Gasteiger partial charge in [0.05, 0.1) is 0 Å². The van der Waals surface area contributed by atoms with E-state index in [1.807, 2.05) is 24.3 Å². The molecular weight excluding hydrogens is 312 g/mol. The molecule has 0 spiro atoms. The normalized spacial score (nSPS) is 29.8. The molecule has 23 heavy (non-hydrogen) atoms. The molecule has 0 aliphatic heterocycles. The third kappa shape index (κ3) is 4.05. The van der Waals surface area contributed by atoms with E-state index >= 15 is 0 Å². The Morgan fingerprint density at radius 2 is 1.96 bits per heavy atom. The van der Waals surface area contributed by atoms with Crippen molar-refractivity contribution in [3.63, 3.8) is 0 Å². The average molecular weight is 335 g/mol. The van der Waals surface area contributed by atoms with Gasteiger partial charge in [0.1, 0.15) is 0 Å². The fourth-order valence-corrected chi connectivity index (χ4v) is 3.82. The lowest BCUT2D eigenvalue weighted by atomic mass is 9.81. The zero-order valence-electron chi connectivity index (χ0n) is 13.1. The molecule has 0 aromatic heterocycles. The molecule has 2 aliphatic rings. The number of hydrogen-bond donors (Lipinski definition) is 2. The van der Waals surface area contributed by atoms with Gasteiger partial charge in [0.15, 0.2) is 0 Å². The maximum atomic E-state index is 12.3. The Hall–Kier alpha value is -1.55. The molecule has 0 unspecified atom stereocenters. The van der Waals surface area contributed by atoms with E-state index in [-0.39, 0.29) is 23.7 Å². The van der Waals surface area contributed by atoms with Crippen LogP contribution in [-0.4, -0.2) is 18.4 Å². The maximum Gasteiger partial charge on any atom is 0.223 e. The van der Waals surface area contributed by atoms with E-state index in [1.165, 1.54) is 0 Å². The Labute approximate surface area is 141 Å². The van der Waals surface area contributed by atoms with Gasteiger partial charge in [0, 0.05) is 23.4 Å². The van der Waals surface area contributed by atoms with E-state index in [9.17, 15) is 9.59 Å². The quantitative estimate of drug-likeness (QED) is 0.869. The van der Waals surface area contributed by atoms with E-state index in [2.05, 4.69) is 5.32 Å². The van der Waals surface area contributed by atoms with Crippen LogP contribution < -0.4 is 11.1 Å². The van der Waals surface area contributed by atoms with Gasteiger partial charge in [0.25, 0.3) is 0 Å². The van der Waals surface area contributed by atoms with E-state index in [0.29, 0.717) is 18.4 Å². The molecule has 2 amide bonds. The second-order valence-corrected chi connectivity index (χ2v) is 7.31. The smallest absolute Gasteiger partial charge is 0.223 e. The van der Waals surface area contributed by atoms with E-state index in [0.717, 1.165) is 42.7 Å². The van der Waals surface area contributed by atoms with Crippen molar-refractivity contribution in [3.8, 4) is 0 Å². The summed E-state index contributed by atoms with van der Waals surface area (Å²) in [6, 6.07) is 7.77. The summed E-state index contributed by atoms with van der Waals surface area (Å²) < 4.78 is 0. The van der Waals surface area contributed by atoms with Crippen molar-refractivity contribution in [2.24, 2.45) is 23.5 Å². The first kappa shape index (κ1) is 16.3. The van der Waals surface area contributed by atoms with Gasteiger partial charge in [-0.05, 0) is 61.6 Å². The van der Waals surface area contributed by atoms with Gasteiger partial charge in [-0.2, -0.15) is 0 Å². The number of benzene rings is 1. The lowest BCUT2D eigenvalue weighted by Gasteiger charge is -2.26. The molecule has 2 atom stereocenters. The third-order valence-corrected chi connectivity index (χ3v) is 5.45. The number of nitrogens with one attached hydrogen (secondary N) is 1. The highest BCUT2D eigenvalue weighted by Crippen LogP contribution is 2.48. The van der Waals surface area contributed by atoms with Crippen LogP contribution >= 0.6 is 11.6 Å². The standard InChI is InChI=1S/C18H23ClN2O2/c19-14-3-1-2-13(8-14)15-9-16(15)18(23)21-10-11-4-6-12(7-5-11)17(20)22/h1-3,8,11-12,15-16H,4-7,9-10H2,(H2,20,22)(H,21,23)/t11?,12?,15-,16+/m0/s1. The van der Waals surface area contributed by atoms with Crippen LogP contribution in [0.15, 0.2) is 24.3 Å². The molecular formula is C18H23ClN2O2. The highest BCUT2D eigenvalue weighted by atomic mass is 35.5. The number of primary amides is 1. The van der Waals surface area contributed by atoms with Crippen molar-refractivity contribution >= 4 is 23.4 Å². The molecule has 1 aromatic rings. The minimum atomic E-state index is -0.185. The summed E-state index contributed by atoms with van der Waals surface area (Å²) in [6.45, 7) is 0.711. The maximum absolute atomic E-state index is 12.3. The number of amides is 2. The van der Waals surface area contributed by atoms with Crippen LogP contribution in [0.5, 0.6) is 0 Å². The van der Waals surface area contributed by atoms with Crippen molar-refractivity contribution in [2.75, 3.05) is 6.54 Å². The van der Waals surface area contributed by atoms with Gasteiger partial charge < -0.3 is 11.1 Å². The Bertz CT molecular complexity index is 596. The van der Waals surface area contributed by atoms with Crippen molar-refractivity contribution in [1.82, 2.24) is 5.32 Å². The summed E-state index contributed by atoms with van der Waals surface area (Å²) >= 11 is 6.01. The highest BCUT2D eigenvalue weighted by Gasteiger charge is 2.44. The number of hydrogen-bond acceptors (Lipinski definition) is 2. The number of halogens is 1. The zero-order valence-corrected chi connectivity index (χ0v) is 13.9. The number of carbonyl (C=O) groups excluding carboxylic acids is 2. The van der Waals surface area contributed by atoms with Crippen LogP contribution in [0.25, 0.3) is 0 Å². The van der Waals surface area contributed by atoms with E-state index in [4.69, 9.17) is 17.3 Å². The van der Waals surface area contributed by atoms with E-state index in [1.54, 1.807) is 0 Å². The van der Waals surface area contributed by atoms with Crippen molar-refractivity contribution in [1.29, 1.82) is 0 Å². The Morgan fingerprint density at radius 3 is 2.61 bits per heavy atom. The molecule has 0 heterocycles. The van der Waals surface area contributed by atoms with Gasteiger partial charge in [-0.25, -0.2) is 0 Å². The first-order chi connectivity index (χ1) is 11.0. The van der Waals surface area contributed by atoms with Gasteiger partial charge in [-0.1, -0.05) is 23.7 Å². The summed E-state index contributed by atoms with van der Waals surface area (Å²) in [5.41, 5.74) is 6.50. The SMILES string of the molecule is NC(=O)C1CCC(CNC(=O)[C@@H]2C[C@H]2c2cccc(Cl)c2)CC1. The third-order valence-electron chi connectivity index (χ3n) is 5.22. The van der Waals surface area contributed by atoms with Crippen molar-refractivity contribution in [2.45, 2.75) is 38.0 Å². The second kappa shape index (κ2) is 6.91. The van der Waals surface area contributed by atoms with Crippen LogP contribution in [0.3, 0.4) is 0 Å². The molecule has 2 fully saturated rings. The zero-order chi connectivity index (χ0) is 16.4. The molecule has 2 aliphatic carbocycles. The van der Waals surface area contributed by atoms with E-state index < -0.39 is 0 Å². The lowest BCUT2D eigenvalue weighted by molar-refractivity contribution is -0.124. The second-order valence-electron chi connectivity index (χ2n) is 6.87. The summed E-state index contributed by atoms with van der Waals surface area (Å²) in [4.78, 5) is 23.4. The molecule has 0 saturated heterocycles. The molecule has 3 rings (SSSR count). The fraction of sp³-hybridized carbons (Fsp3) is 0.556. The largest absolute Gasteiger partial charge is 0.369 e. The van der Waals surface area contributed by atoms with Crippen molar-refractivity contribution in [3.05, 3.63) is 34.9 Å². The average Bonchev–Trinajstić information content (AvgIpc) is 3.34. The predicted molar refractivity (Wildman–Crippen MR) is 90.0 cm³/mol. The molecule has 0 bridgehead atoms. The highest BCUT2D eigenvalue weighted by molar-refractivity contribution is 6.30. The molecule has 2 saturated carbocycles. The number of rotatable bonds is 5. The molecule has 124 valence electrons. The van der Waals surface area contributed by atoms with Gasteiger partial charge in [0.2, 0.25) is 11.8 Å². The minimum absolute atomic E-state index is 0.0255. The van der Waals surface area contributed by atoms with Crippen molar-refractivity contribution < 1.29 is 9.59 Å². The number of nitrogens with two attached hydrogens (primary N) is 1. The van der Waals surface area contributed by atoms with Crippen LogP contribution in [0.4, 0.5) is 0 Å². The van der Waals surface area contributed by atoms with Gasteiger partial charge in [-0.3, -0.25) is 9.59 Å². The minimum Gasteiger partial charge on any atom is -0.369 e. The monoisotopic (exact) mass is 334 g/mol. The summed E-state index contributed by atoms with van der Waals surface area (Å²) in [6.07, 6.45) is 4.54. The first-order valence-corrected chi connectivity index (χ1v) is 8.75. The molecule has 5 heteroatoms. The molecule has 4 nitrogen and oxygen atoms in total. The van der Waals surface area contributed by atoms with Crippen LogP contribution in [0.1, 0.15) is 43.6 Å². The fourth-order valence-electron chi connectivity index (χ4n) is 3.62. The predicted octanol–water partition coefficient (Wildman–Crippen LogP) is 2.85. The molecule has 3 N–H and O–H groups in total. The Morgan fingerprint density at radius 1 is 1.22 bits per heavy atom. The molecule has 0 radical (unpaired) electrons. The van der Waals surface area contributed by atoms with Crippen LogP contribution in [0.2, 0.25) is 5.02 Å². The Kier molecular flexibility index (Phi) is 4.90. The lowest BCUT2D eigenvalue weighted by Crippen LogP contribution is -2.34. The summed E-state index contributed by atoms with van der Waals surface area (Å²) in [5.74, 6) is 0.840. The topological polar surface area (TPSA) is 72.2 Å². The first-order valence-electron chi connectivity index (χ1n) is 8.37. The number of carbonyl (C=O) groups is 2. The van der Waals surface area contributed by atoms with Gasteiger partial charge in [-0.15, -0.1) is 0 Å². The summed E-state index contributed by atoms with van der Waals surface area (Å²) in [5, 5.41) is 3.81. The van der Waals surface area contributed by atoms with Gasteiger partial charge >= 0.3 is 0 Å².